The van der Waals surface area contributed by atoms with Crippen molar-refractivity contribution in [3.63, 3.8) is 0 Å². The predicted octanol–water partition coefficient (Wildman–Crippen LogP) is 2.70. The van der Waals surface area contributed by atoms with Crippen LogP contribution in [0.15, 0.2) is 48.5 Å². The lowest BCUT2D eigenvalue weighted by molar-refractivity contribution is -0.124. The van der Waals surface area contributed by atoms with Crippen LogP contribution < -0.4 is 10.6 Å². The molecule has 0 saturated carbocycles. The molecule has 24 heavy (non-hydrogen) atoms. The molecule has 6 nitrogen and oxygen atoms in total. The van der Waals surface area contributed by atoms with Crippen molar-refractivity contribution >= 4 is 34.5 Å². The second kappa shape index (κ2) is 5.45. The summed E-state index contributed by atoms with van der Waals surface area (Å²) >= 11 is 0. The maximum atomic E-state index is 13.0. The van der Waals surface area contributed by atoms with Crippen molar-refractivity contribution in [1.29, 1.82) is 0 Å². The minimum Gasteiger partial charge on any atom is -0.324 e. The Bertz CT molecular complexity index is 949. The molecule has 0 saturated heterocycles. The molecule has 0 bridgehead atoms. The van der Waals surface area contributed by atoms with Gasteiger partial charge in [-0.15, -0.1) is 0 Å². The summed E-state index contributed by atoms with van der Waals surface area (Å²) in [5.74, 6) is -0.641. The molecule has 1 aliphatic heterocycles. The van der Waals surface area contributed by atoms with Gasteiger partial charge in [0.15, 0.2) is 0 Å². The fourth-order valence-electron chi connectivity index (χ4n) is 2.86. The molecule has 0 radical (unpaired) electrons. The van der Waals surface area contributed by atoms with Gasteiger partial charge in [0.2, 0.25) is 17.8 Å². The van der Waals surface area contributed by atoms with Crippen LogP contribution in [0, 0.1) is 5.82 Å². The van der Waals surface area contributed by atoms with E-state index in [0.717, 1.165) is 5.52 Å². The van der Waals surface area contributed by atoms with Crippen molar-refractivity contribution in [2.75, 3.05) is 10.6 Å². The molecule has 1 atom stereocenters. The number of halogens is 1. The molecule has 0 aliphatic carbocycles. The van der Waals surface area contributed by atoms with Crippen molar-refractivity contribution in [3.05, 3.63) is 54.3 Å². The first-order valence-corrected chi connectivity index (χ1v) is 7.45. The molecular weight excluding hydrogens is 311 g/mol. The van der Waals surface area contributed by atoms with Crippen molar-refractivity contribution in [1.82, 2.24) is 9.55 Å². The Labute approximate surface area is 136 Å². The molecule has 2 N–H and O–H groups in total. The molecule has 0 fully saturated rings. The number of anilines is 2. The molecule has 2 aromatic carbocycles. The maximum Gasteiger partial charge on any atom is 0.248 e. The van der Waals surface area contributed by atoms with E-state index >= 15 is 0 Å². The monoisotopic (exact) mass is 324 g/mol. The zero-order valence-corrected chi connectivity index (χ0v) is 12.5. The van der Waals surface area contributed by atoms with E-state index in [9.17, 15) is 14.0 Å². The first-order valence-electron chi connectivity index (χ1n) is 7.45. The summed E-state index contributed by atoms with van der Waals surface area (Å²) in [4.78, 5) is 28.9. The zero-order valence-electron chi connectivity index (χ0n) is 12.5. The molecule has 1 aromatic heterocycles. The highest BCUT2D eigenvalue weighted by atomic mass is 19.1. The lowest BCUT2D eigenvalue weighted by Gasteiger charge is -2.24. The molecule has 2 amide bonds. The van der Waals surface area contributed by atoms with Gasteiger partial charge in [0.1, 0.15) is 11.9 Å². The van der Waals surface area contributed by atoms with Gasteiger partial charge in [0.05, 0.1) is 17.5 Å². The van der Waals surface area contributed by atoms with Gasteiger partial charge in [-0.25, -0.2) is 9.37 Å². The van der Waals surface area contributed by atoms with Crippen LogP contribution in [0.3, 0.4) is 0 Å². The molecule has 0 spiro atoms. The largest absolute Gasteiger partial charge is 0.324 e. The van der Waals surface area contributed by atoms with Crippen LogP contribution in [-0.2, 0) is 9.59 Å². The summed E-state index contributed by atoms with van der Waals surface area (Å²) in [6.07, 6.45) is 0.0143. The molecular formula is C17H13FN4O2. The third kappa shape index (κ3) is 2.40. The standard InChI is InChI=1S/C17H13FN4O2/c18-10-5-7-11(8-6-10)19-16(24)14-9-15(23)21-17-20-12-3-1-2-4-13(12)22(14)17/h1-8,14H,9H2,(H,19,24)(H,20,21,23)/t14-/m1/s1. The quantitative estimate of drug-likeness (QED) is 0.761. The van der Waals surface area contributed by atoms with Crippen molar-refractivity contribution < 1.29 is 14.0 Å². The summed E-state index contributed by atoms with van der Waals surface area (Å²) in [6.45, 7) is 0. The zero-order chi connectivity index (χ0) is 16.7. The number of carbonyl (C=O) groups is 2. The van der Waals surface area contributed by atoms with Crippen molar-refractivity contribution in [2.24, 2.45) is 0 Å². The minimum atomic E-state index is -0.716. The second-order valence-corrected chi connectivity index (χ2v) is 5.56. The number of nitrogens with one attached hydrogen (secondary N) is 2. The SMILES string of the molecule is O=C1C[C@H](C(=O)Nc2ccc(F)cc2)n2c(nc3ccccc32)N1. The van der Waals surface area contributed by atoms with Crippen molar-refractivity contribution in [3.8, 4) is 0 Å². The molecule has 4 rings (SSSR count). The van der Waals surface area contributed by atoms with E-state index in [1.54, 1.807) is 4.57 Å². The molecule has 2 heterocycles. The summed E-state index contributed by atoms with van der Waals surface area (Å²) < 4.78 is 14.7. The number of benzene rings is 2. The molecule has 1 aliphatic rings. The number of imidazole rings is 1. The van der Waals surface area contributed by atoms with E-state index in [2.05, 4.69) is 15.6 Å². The van der Waals surface area contributed by atoms with Crippen LogP contribution in [0.2, 0.25) is 0 Å². The van der Waals surface area contributed by atoms with E-state index in [1.165, 1.54) is 24.3 Å². The second-order valence-electron chi connectivity index (χ2n) is 5.56. The highest BCUT2D eigenvalue weighted by Gasteiger charge is 2.32. The summed E-state index contributed by atoms with van der Waals surface area (Å²) in [7, 11) is 0. The van der Waals surface area contributed by atoms with Crippen molar-refractivity contribution in [2.45, 2.75) is 12.5 Å². The van der Waals surface area contributed by atoms with Crippen LogP contribution in [0.5, 0.6) is 0 Å². The van der Waals surface area contributed by atoms with Gasteiger partial charge in [0.25, 0.3) is 0 Å². The average molecular weight is 324 g/mol. The van der Waals surface area contributed by atoms with Gasteiger partial charge < -0.3 is 5.32 Å². The van der Waals surface area contributed by atoms with Crippen LogP contribution in [0.4, 0.5) is 16.0 Å². The lowest BCUT2D eigenvalue weighted by atomic mass is 10.1. The Kier molecular flexibility index (Phi) is 3.26. The number of amides is 2. The van der Waals surface area contributed by atoms with E-state index in [0.29, 0.717) is 17.2 Å². The van der Waals surface area contributed by atoms with Gasteiger partial charge in [-0.05, 0) is 36.4 Å². The Morgan fingerprint density at radius 1 is 1.21 bits per heavy atom. The first kappa shape index (κ1) is 14.4. The Morgan fingerprint density at radius 3 is 2.75 bits per heavy atom. The summed E-state index contributed by atoms with van der Waals surface area (Å²) in [5, 5.41) is 5.41. The predicted molar refractivity (Wildman–Crippen MR) is 87.0 cm³/mol. The van der Waals surface area contributed by atoms with Gasteiger partial charge in [-0.2, -0.15) is 0 Å². The third-order valence-corrected chi connectivity index (χ3v) is 3.95. The number of para-hydroxylation sites is 2. The Balaban J connectivity index is 1.72. The maximum absolute atomic E-state index is 13.0. The van der Waals surface area contributed by atoms with E-state index in [1.807, 2.05) is 24.3 Å². The number of fused-ring (bicyclic) bond motifs is 3. The van der Waals surface area contributed by atoms with Gasteiger partial charge >= 0.3 is 0 Å². The molecule has 0 unspecified atom stereocenters. The topological polar surface area (TPSA) is 76.0 Å². The number of rotatable bonds is 2. The van der Waals surface area contributed by atoms with E-state index < -0.39 is 6.04 Å². The number of aromatic nitrogens is 2. The fourth-order valence-corrected chi connectivity index (χ4v) is 2.86. The normalized spacial score (nSPS) is 16.5. The lowest BCUT2D eigenvalue weighted by Crippen LogP contribution is -2.35. The third-order valence-electron chi connectivity index (χ3n) is 3.95. The highest BCUT2D eigenvalue weighted by molar-refractivity contribution is 6.02. The number of hydrogen-bond donors (Lipinski definition) is 2. The number of hydrogen-bond acceptors (Lipinski definition) is 3. The molecule has 120 valence electrons. The fraction of sp³-hybridized carbons (Fsp3) is 0.118. The highest BCUT2D eigenvalue weighted by Crippen LogP contribution is 2.31. The van der Waals surface area contributed by atoms with Gasteiger partial charge in [-0.3, -0.25) is 19.5 Å². The summed E-state index contributed by atoms with van der Waals surface area (Å²) in [5.41, 5.74) is 1.94. The van der Waals surface area contributed by atoms with Gasteiger partial charge in [-0.1, -0.05) is 12.1 Å². The first-order chi connectivity index (χ1) is 11.6. The van der Waals surface area contributed by atoms with E-state index in [4.69, 9.17) is 0 Å². The van der Waals surface area contributed by atoms with E-state index in [-0.39, 0.29) is 24.1 Å². The number of nitrogens with zero attached hydrogens (tertiary/aromatic N) is 2. The average Bonchev–Trinajstić information content (AvgIpc) is 2.94. The van der Waals surface area contributed by atoms with Gasteiger partial charge in [0, 0.05) is 5.69 Å². The van der Waals surface area contributed by atoms with Crippen LogP contribution in [0.25, 0.3) is 11.0 Å². The van der Waals surface area contributed by atoms with Crippen LogP contribution in [0.1, 0.15) is 12.5 Å². The summed E-state index contributed by atoms with van der Waals surface area (Å²) in [6, 6.07) is 12.1. The Morgan fingerprint density at radius 2 is 1.96 bits per heavy atom. The molecule has 3 aromatic rings. The number of carbonyl (C=O) groups excluding carboxylic acids is 2. The minimum absolute atomic E-state index is 0.0143. The Hall–Kier alpha value is -3.22. The van der Waals surface area contributed by atoms with Crippen LogP contribution >= 0.6 is 0 Å². The van der Waals surface area contributed by atoms with Crippen LogP contribution in [-0.4, -0.2) is 21.4 Å². The smallest absolute Gasteiger partial charge is 0.248 e. The molecule has 7 heteroatoms.